The van der Waals surface area contributed by atoms with E-state index in [0.717, 1.165) is 44.7 Å². The molecule has 1 heterocycles. The highest BCUT2D eigenvalue weighted by molar-refractivity contribution is 7.88. The van der Waals surface area contributed by atoms with Crippen LogP contribution >= 0.6 is 0 Å². The molecule has 8 heteroatoms. The number of hydrogen-bond acceptors (Lipinski definition) is 4. The van der Waals surface area contributed by atoms with Crippen molar-refractivity contribution in [1.82, 2.24) is 4.31 Å². The molecule has 0 atom stereocenters. The maximum absolute atomic E-state index is 12.3. The Morgan fingerprint density at radius 2 is 1.83 bits per heavy atom. The smallest absolute Gasteiger partial charge is 0.249 e. The summed E-state index contributed by atoms with van der Waals surface area (Å²) < 4.78 is 25.2. The Bertz CT molecular complexity index is 1390. The minimum Gasteiger partial charge on any atom is -0.366 e. The number of nitrogens with two attached hydrogens (primary N) is 1. The number of hydrogen-bond donors (Lipinski definition) is 2. The van der Waals surface area contributed by atoms with Gasteiger partial charge < -0.3 is 11.1 Å². The first-order chi connectivity index (χ1) is 16.5. The summed E-state index contributed by atoms with van der Waals surface area (Å²) in [6.45, 7) is 6.46. The van der Waals surface area contributed by atoms with Crippen molar-refractivity contribution >= 4 is 33.6 Å². The van der Waals surface area contributed by atoms with Gasteiger partial charge in [-0.2, -0.15) is 4.31 Å². The van der Waals surface area contributed by atoms with E-state index in [2.05, 4.69) is 11.4 Å². The molecular weight excluding hydrogens is 462 g/mol. The van der Waals surface area contributed by atoms with E-state index in [0.29, 0.717) is 31.5 Å². The molecular formula is C27H31N3O4S. The molecule has 4 rings (SSSR count). The van der Waals surface area contributed by atoms with E-state index in [1.807, 2.05) is 51.1 Å². The number of fused-ring (bicyclic) bond motifs is 1. The van der Waals surface area contributed by atoms with Gasteiger partial charge in [0, 0.05) is 30.3 Å². The lowest BCUT2D eigenvalue weighted by molar-refractivity contribution is -0.118. The molecule has 3 N–H and O–H groups in total. The first-order valence-corrected chi connectivity index (χ1v) is 13.5. The van der Waals surface area contributed by atoms with Crippen LogP contribution < -0.4 is 11.1 Å². The number of rotatable bonds is 6. The van der Waals surface area contributed by atoms with Gasteiger partial charge in [0.05, 0.1) is 6.26 Å². The van der Waals surface area contributed by atoms with Crippen molar-refractivity contribution in [3.05, 3.63) is 69.8 Å². The second-order valence-electron chi connectivity index (χ2n) is 9.49. The van der Waals surface area contributed by atoms with Gasteiger partial charge in [-0.05, 0) is 70.9 Å². The number of nitrogens with one attached hydrogen (secondary N) is 1. The first-order valence-electron chi connectivity index (χ1n) is 11.7. The number of primary amides is 1. The Labute approximate surface area is 206 Å². The van der Waals surface area contributed by atoms with Gasteiger partial charge in [0.25, 0.3) is 0 Å². The molecule has 2 amide bonds. The minimum atomic E-state index is -3.23. The average Bonchev–Trinajstić information content (AvgIpc) is 3.24. The van der Waals surface area contributed by atoms with Crippen LogP contribution in [-0.4, -0.2) is 43.9 Å². The van der Waals surface area contributed by atoms with Crippen LogP contribution in [0.4, 0.5) is 5.69 Å². The van der Waals surface area contributed by atoms with E-state index in [4.69, 9.17) is 5.73 Å². The van der Waals surface area contributed by atoms with Gasteiger partial charge in [0.2, 0.25) is 21.8 Å². The lowest BCUT2D eigenvalue weighted by Crippen LogP contribution is -2.34. The summed E-state index contributed by atoms with van der Waals surface area (Å²) in [5, 5.41) is 3.00. The fourth-order valence-electron chi connectivity index (χ4n) is 4.69. The maximum Gasteiger partial charge on any atom is 0.249 e. The molecule has 0 fully saturated rings. The highest BCUT2D eigenvalue weighted by Gasteiger charge is 2.27. The molecule has 0 aromatic heterocycles. The van der Waals surface area contributed by atoms with Crippen molar-refractivity contribution in [2.75, 3.05) is 24.7 Å². The molecule has 1 aliphatic carbocycles. The quantitative estimate of drug-likeness (QED) is 0.636. The highest BCUT2D eigenvalue weighted by atomic mass is 32.2. The van der Waals surface area contributed by atoms with E-state index in [1.54, 1.807) is 6.07 Å². The van der Waals surface area contributed by atoms with Gasteiger partial charge in [-0.3, -0.25) is 9.59 Å². The van der Waals surface area contributed by atoms with Crippen LogP contribution in [0.5, 0.6) is 0 Å². The van der Waals surface area contributed by atoms with E-state index in [-0.39, 0.29) is 11.8 Å². The molecule has 35 heavy (non-hydrogen) atoms. The Kier molecular flexibility index (Phi) is 6.71. The monoisotopic (exact) mass is 493 g/mol. The standard InChI is InChI=1S/C27H31N3O4S/c1-16(2)27(32)29-25-7-5-6-20(17(25)3)21-8-9-22(26(28)31)24-15-19(14-23(21)24)18-10-12-30(13-11-18)35(4,33)34/h5-10,14,16H,11-13,15H2,1-4H3,(H2,28,31)(H,29,32). The second kappa shape index (κ2) is 9.43. The third-order valence-electron chi connectivity index (χ3n) is 6.77. The second-order valence-corrected chi connectivity index (χ2v) is 11.5. The van der Waals surface area contributed by atoms with Crippen molar-refractivity contribution in [1.29, 1.82) is 0 Å². The zero-order valence-corrected chi connectivity index (χ0v) is 21.3. The third-order valence-corrected chi connectivity index (χ3v) is 8.04. The largest absolute Gasteiger partial charge is 0.366 e. The third kappa shape index (κ3) is 4.94. The summed E-state index contributed by atoms with van der Waals surface area (Å²) in [6, 6.07) is 9.49. The van der Waals surface area contributed by atoms with E-state index >= 15 is 0 Å². The Morgan fingerprint density at radius 3 is 2.43 bits per heavy atom. The van der Waals surface area contributed by atoms with Gasteiger partial charge in [0.1, 0.15) is 0 Å². The molecule has 0 spiro atoms. The number of carbonyl (C=O) groups excluding carboxylic acids is 2. The van der Waals surface area contributed by atoms with Crippen molar-refractivity contribution in [3.63, 3.8) is 0 Å². The molecule has 0 radical (unpaired) electrons. The minimum absolute atomic E-state index is 0.0471. The SMILES string of the molecule is Cc1c(NC(=O)C(C)C)cccc1-c1ccc(C(N)=O)c2c1C=C(C1=CCN(S(C)(=O)=O)CC1)C2. The van der Waals surface area contributed by atoms with Gasteiger partial charge in [-0.15, -0.1) is 0 Å². The lowest BCUT2D eigenvalue weighted by atomic mass is 9.90. The Hall–Kier alpha value is -3.23. The molecule has 0 bridgehead atoms. The number of benzene rings is 2. The van der Waals surface area contributed by atoms with E-state index in [9.17, 15) is 18.0 Å². The van der Waals surface area contributed by atoms with Crippen LogP contribution in [0.25, 0.3) is 17.2 Å². The molecule has 1 aliphatic heterocycles. The Morgan fingerprint density at radius 1 is 1.09 bits per heavy atom. The molecule has 2 aromatic rings. The average molecular weight is 494 g/mol. The summed E-state index contributed by atoms with van der Waals surface area (Å²) in [5.74, 6) is -0.655. The number of allylic oxidation sites excluding steroid dienone is 1. The summed E-state index contributed by atoms with van der Waals surface area (Å²) >= 11 is 0. The van der Waals surface area contributed by atoms with Gasteiger partial charge in [-0.1, -0.05) is 44.2 Å². The topological polar surface area (TPSA) is 110 Å². The predicted octanol–water partition coefficient (Wildman–Crippen LogP) is 3.89. The lowest BCUT2D eigenvalue weighted by Gasteiger charge is -2.24. The van der Waals surface area contributed by atoms with Crippen LogP contribution in [0.2, 0.25) is 0 Å². The molecule has 0 saturated heterocycles. The molecule has 2 aromatic carbocycles. The molecule has 0 saturated carbocycles. The van der Waals surface area contributed by atoms with Crippen LogP contribution in [-0.2, 0) is 21.2 Å². The van der Waals surface area contributed by atoms with Gasteiger partial charge >= 0.3 is 0 Å². The normalized spacial score (nSPS) is 16.0. The van der Waals surface area contributed by atoms with Crippen molar-refractivity contribution in [2.24, 2.45) is 11.7 Å². The highest BCUT2D eigenvalue weighted by Crippen LogP contribution is 2.41. The number of anilines is 1. The van der Waals surface area contributed by atoms with E-state index < -0.39 is 15.9 Å². The van der Waals surface area contributed by atoms with Crippen LogP contribution in [0.3, 0.4) is 0 Å². The summed E-state index contributed by atoms with van der Waals surface area (Å²) in [7, 11) is -3.23. The number of nitrogens with zero attached hydrogens (tertiary/aromatic N) is 1. The number of carbonyl (C=O) groups is 2. The zero-order chi connectivity index (χ0) is 25.5. The summed E-state index contributed by atoms with van der Waals surface area (Å²) in [4.78, 5) is 24.5. The maximum atomic E-state index is 12.3. The predicted molar refractivity (Wildman–Crippen MR) is 139 cm³/mol. The number of amides is 2. The fraction of sp³-hybridized carbons (Fsp3) is 0.333. The van der Waals surface area contributed by atoms with Gasteiger partial charge in [0.15, 0.2) is 0 Å². The summed E-state index contributed by atoms with van der Waals surface area (Å²) in [6.07, 6.45) is 6.46. The zero-order valence-electron chi connectivity index (χ0n) is 20.5. The molecule has 184 valence electrons. The Balaban J connectivity index is 1.76. The molecule has 2 aliphatic rings. The van der Waals surface area contributed by atoms with Crippen LogP contribution in [0.15, 0.2) is 47.6 Å². The van der Waals surface area contributed by atoms with E-state index in [1.165, 1.54) is 10.6 Å². The van der Waals surface area contributed by atoms with Crippen molar-refractivity contribution < 1.29 is 18.0 Å². The van der Waals surface area contributed by atoms with Crippen molar-refractivity contribution in [2.45, 2.75) is 33.6 Å². The molecule has 7 nitrogen and oxygen atoms in total. The molecule has 0 unspecified atom stereocenters. The fourth-order valence-corrected chi connectivity index (χ4v) is 5.46. The van der Waals surface area contributed by atoms with Crippen LogP contribution in [0.1, 0.15) is 47.3 Å². The van der Waals surface area contributed by atoms with Gasteiger partial charge in [-0.25, -0.2) is 8.42 Å². The van der Waals surface area contributed by atoms with Crippen molar-refractivity contribution in [3.8, 4) is 11.1 Å². The van der Waals surface area contributed by atoms with Crippen LogP contribution in [0, 0.1) is 12.8 Å². The summed E-state index contributed by atoms with van der Waals surface area (Å²) in [5.41, 5.74) is 13.8. The first kappa shape index (κ1) is 24.9. The number of sulfonamides is 1.